The predicted octanol–water partition coefficient (Wildman–Crippen LogP) is 0.789. The quantitative estimate of drug-likeness (QED) is 0.885. The summed E-state index contributed by atoms with van der Waals surface area (Å²) in [5, 5.41) is 2.78. The lowest BCUT2D eigenvalue weighted by atomic mass is 9.89. The molecule has 2 heterocycles. The topological polar surface area (TPSA) is 67.2 Å². The number of carbonyl (C=O) groups is 2. The summed E-state index contributed by atoms with van der Waals surface area (Å²) < 4.78 is 1.96. The largest absolute Gasteiger partial charge is 0.340 e. The Kier molecular flexibility index (Phi) is 3.58. The first-order valence-electron chi connectivity index (χ1n) is 6.85. The van der Waals surface area contributed by atoms with Crippen LogP contribution in [-0.4, -0.2) is 43.9 Å². The lowest BCUT2D eigenvalue weighted by Gasteiger charge is -2.47. The van der Waals surface area contributed by atoms with E-state index in [2.05, 4.69) is 10.3 Å². The molecule has 0 atom stereocenters. The van der Waals surface area contributed by atoms with Crippen LogP contribution < -0.4 is 5.32 Å². The van der Waals surface area contributed by atoms with Crippen LogP contribution in [0.4, 0.5) is 0 Å². The zero-order valence-corrected chi connectivity index (χ0v) is 12.5. The van der Waals surface area contributed by atoms with Crippen molar-refractivity contribution in [1.29, 1.82) is 0 Å². The third-order valence-corrected chi connectivity index (χ3v) is 3.79. The normalized spacial score (nSPS) is 20.9. The lowest BCUT2D eigenvalue weighted by Crippen LogP contribution is -2.72. The first-order valence-corrected chi connectivity index (χ1v) is 6.85. The Morgan fingerprint density at radius 3 is 2.50 bits per heavy atom. The van der Waals surface area contributed by atoms with E-state index in [9.17, 15) is 9.59 Å². The van der Waals surface area contributed by atoms with Gasteiger partial charge >= 0.3 is 0 Å². The summed E-state index contributed by atoms with van der Waals surface area (Å²) in [6.45, 7) is 8.39. The van der Waals surface area contributed by atoms with Gasteiger partial charge in [-0.3, -0.25) is 9.59 Å². The third kappa shape index (κ3) is 2.55. The van der Waals surface area contributed by atoms with Gasteiger partial charge < -0.3 is 14.8 Å². The van der Waals surface area contributed by atoms with Crippen LogP contribution in [0.15, 0.2) is 18.7 Å². The average Bonchev–Trinajstić information content (AvgIpc) is 2.84. The number of hydrogen-bond donors (Lipinski definition) is 1. The minimum atomic E-state index is -0.832. The van der Waals surface area contributed by atoms with Gasteiger partial charge in [0, 0.05) is 25.5 Å². The van der Waals surface area contributed by atoms with E-state index >= 15 is 0 Å². The van der Waals surface area contributed by atoms with Gasteiger partial charge in [0.25, 0.3) is 0 Å². The predicted molar refractivity (Wildman–Crippen MR) is 74.9 cm³/mol. The van der Waals surface area contributed by atoms with Crippen LogP contribution in [0.25, 0.3) is 0 Å². The Morgan fingerprint density at radius 2 is 1.90 bits per heavy atom. The van der Waals surface area contributed by atoms with Gasteiger partial charge in [-0.25, -0.2) is 4.98 Å². The molecule has 1 aliphatic heterocycles. The Labute approximate surface area is 119 Å². The zero-order chi connectivity index (χ0) is 15.0. The van der Waals surface area contributed by atoms with Crippen molar-refractivity contribution in [2.45, 2.75) is 51.7 Å². The van der Waals surface area contributed by atoms with Crippen LogP contribution in [0.2, 0.25) is 0 Å². The highest BCUT2D eigenvalue weighted by molar-refractivity contribution is 6.01. The first kappa shape index (κ1) is 14.6. The van der Waals surface area contributed by atoms with Crippen molar-refractivity contribution in [2.24, 2.45) is 0 Å². The van der Waals surface area contributed by atoms with Crippen molar-refractivity contribution in [2.75, 3.05) is 6.54 Å². The lowest BCUT2D eigenvalue weighted by molar-refractivity contribution is -0.159. The van der Waals surface area contributed by atoms with E-state index in [0.29, 0.717) is 6.54 Å². The Morgan fingerprint density at radius 1 is 1.20 bits per heavy atom. The van der Waals surface area contributed by atoms with Gasteiger partial charge in [0.1, 0.15) is 11.1 Å². The molecule has 1 N–H and O–H groups in total. The second kappa shape index (κ2) is 4.92. The summed E-state index contributed by atoms with van der Waals surface area (Å²) in [5.41, 5.74) is -1.64. The van der Waals surface area contributed by atoms with E-state index < -0.39 is 11.1 Å². The van der Waals surface area contributed by atoms with Crippen LogP contribution in [0.5, 0.6) is 0 Å². The van der Waals surface area contributed by atoms with E-state index in [4.69, 9.17) is 0 Å². The maximum Gasteiger partial charge on any atom is 0.248 e. The molecule has 1 saturated heterocycles. The molecule has 0 bridgehead atoms. The SMILES string of the molecule is CC1(C)NC(=O)C(C)(C)N(CCCn2ccnc2)C1=O. The monoisotopic (exact) mass is 278 g/mol. The second-order valence-electron chi connectivity index (χ2n) is 6.25. The highest BCUT2D eigenvalue weighted by Gasteiger charge is 2.49. The summed E-state index contributed by atoms with van der Waals surface area (Å²) in [7, 11) is 0. The molecule has 0 radical (unpaired) electrons. The minimum absolute atomic E-state index is 0.0345. The molecule has 6 heteroatoms. The summed E-state index contributed by atoms with van der Waals surface area (Å²) in [6.07, 6.45) is 6.15. The van der Waals surface area contributed by atoms with E-state index in [1.165, 1.54) is 0 Å². The molecule has 2 amide bonds. The van der Waals surface area contributed by atoms with Gasteiger partial charge in [-0.1, -0.05) is 0 Å². The van der Waals surface area contributed by atoms with Crippen molar-refractivity contribution in [3.63, 3.8) is 0 Å². The van der Waals surface area contributed by atoms with Gasteiger partial charge in [-0.2, -0.15) is 0 Å². The molecular weight excluding hydrogens is 256 g/mol. The van der Waals surface area contributed by atoms with Gasteiger partial charge in [-0.05, 0) is 34.1 Å². The van der Waals surface area contributed by atoms with Crippen LogP contribution in [0.3, 0.4) is 0 Å². The first-order chi connectivity index (χ1) is 9.25. The number of aromatic nitrogens is 2. The zero-order valence-electron chi connectivity index (χ0n) is 12.5. The number of nitrogens with one attached hydrogen (secondary N) is 1. The third-order valence-electron chi connectivity index (χ3n) is 3.79. The Hall–Kier alpha value is -1.85. The molecule has 6 nitrogen and oxygen atoms in total. The van der Waals surface area contributed by atoms with Crippen LogP contribution >= 0.6 is 0 Å². The number of carbonyl (C=O) groups excluding carboxylic acids is 2. The molecule has 1 aliphatic rings. The van der Waals surface area contributed by atoms with Gasteiger partial charge in [-0.15, -0.1) is 0 Å². The fourth-order valence-corrected chi connectivity index (χ4v) is 2.42. The van der Waals surface area contributed by atoms with Gasteiger partial charge in [0.2, 0.25) is 11.8 Å². The minimum Gasteiger partial charge on any atom is -0.340 e. The summed E-state index contributed by atoms with van der Waals surface area (Å²) in [5.74, 6) is -0.141. The molecule has 1 aromatic rings. The molecule has 1 fully saturated rings. The van der Waals surface area contributed by atoms with Crippen molar-refractivity contribution in [3.05, 3.63) is 18.7 Å². The molecule has 2 rings (SSSR count). The number of piperazine rings is 1. The van der Waals surface area contributed by atoms with Crippen LogP contribution in [-0.2, 0) is 16.1 Å². The Balaban J connectivity index is 2.06. The molecule has 0 unspecified atom stereocenters. The van der Waals surface area contributed by atoms with Crippen LogP contribution in [0, 0.1) is 0 Å². The number of aryl methyl sites for hydroxylation is 1. The van der Waals surface area contributed by atoms with Crippen LogP contribution in [0.1, 0.15) is 34.1 Å². The molecule has 0 aliphatic carbocycles. The molecule has 0 aromatic carbocycles. The van der Waals surface area contributed by atoms with Gasteiger partial charge in [0.15, 0.2) is 0 Å². The van der Waals surface area contributed by atoms with Crippen molar-refractivity contribution in [3.8, 4) is 0 Å². The maximum absolute atomic E-state index is 12.5. The van der Waals surface area contributed by atoms with Gasteiger partial charge in [0.05, 0.1) is 6.33 Å². The molecule has 0 spiro atoms. The van der Waals surface area contributed by atoms with Crippen molar-refractivity contribution < 1.29 is 9.59 Å². The number of nitrogens with zero attached hydrogens (tertiary/aromatic N) is 3. The number of hydrogen-bond acceptors (Lipinski definition) is 3. The average molecular weight is 278 g/mol. The summed E-state index contributed by atoms with van der Waals surface area (Å²) in [4.78, 5) is 30.3. The maximum atomic E-state index is 12.5. The van der Waals surface area contributed by atoms with E-state index in [-0.39, 0.29) is 11.8 Å². The standard InChI is InChI=1S/C14H22N4O2/c1-13(2)12(20)18(14(3,4)11(19)16-13)8-5-7-17-9-6-15-10-17/h6,9-10H,5,7-8H2,1-4H3,(H,16,19). The molecule has 1 aromatic heterocycles. The second-order valence-corrected chi connectivity index (χ2v) is 6.25. The van der Waals surface area contributed by atoms with Crippen molar-refractivity contribution in [1.82, 2.24) is 19.8 Å². The highest BCUT2D eigenvalue weighted by Crippen LogP contribution is 2.26. The number of imidazole rings is 1. The molecule has 20 heavy (non-hydrogen) atoms. The van der Waals surface area contributed by atoms with E-state index in [1.807, 2.05) is 10.8 Å². The molecule has 110 valence electrons. The Bertz CT molecular complexity index is 505. The fraction of sp³-hybridized carbons (Fsp3) is 0.643. The number of rotatable bonds is 4. The number of amides is 2. The van der Waals surface area contributed by atoms with E-state index in [1.54, 1.807) is 45.1 Å². The molecule has 0 saturated carbocycles. The highest BCUT2D eigenvalue weighted by atomic mass is 16.2. The van der Waals surface area contributed by atoms with Crippen molar-refractivity contribution >= 4 is 11.8 Å². The summed E-state index contributed by atoms with van der Waals surface area (Å²) in [6, 6.07) is 0. The fourth-order valence-electron chi connectivity index (χ4n) is 2.42. The summed E-state index contributed by atoms with van der Waals surface area (Å²) >= 11 is 0. The van der Waals surface area contributed by atoms with E-state index in [0.717, 1.165) is 13.0 Å². The smallest absolute Gasteiger partial charge is 0.248 e. The molecular formula is C14H22N4O2.